The van der Waals surface area contributed by atoms with Crippen molar-refractivity contribution in [2.75, 3.05) is 0 Å². The van der Waals surface area contributed by atoms with Crippen molar-refractivity contribution < 1.29 is 18.6 Å². The van der Waals surface area contributed by atoms with E-state index in [-0.39, 0.29) is 18.1 Å². The standard InChI is InChI=1S/C24H21F2NO2/c25-17-12-19-21(14-24(9-4-10-24)29-23(19)20(26)13-17)27-22(28)11-16-7-3-6-15-5-1-2-8-18(15)16/h1-3,5-8,12-13,21H,4,9-11,14H2,(H,27,28)/p-1. The molecule has 5 rings (SSSR count). The van der Waals surface area contributed by atoms with Crippen LogP contribution in [0.1, 0.15) is 42.9 Å². The number of benzene rings is 3. The first-order valence-corrected chi connectivity index (χ1v) is 9.91. The van der Waals surface area contributed by atoms with Crippen molar-refractivity contribution in [3.63, 3.8) is 0 Å². The van der Waals surface area contributed by atoms with Crippen LogP contribution >= 0.6 is 0 Å². The Balaban J connectivity index is 1.50. The zero-order valence-electron chi connectivity index (χ0n) is 15.8. The minimum atomic E-state index is -0.729. The topological polar surface area (TPSA) is 44.7 Å². The Bertz CT molecular complexity index is 1120. The fraction of sp³-hybridized carbons (Fsp3) is 0.292. The summed E-state index contributed by atoms with van der Waals surface area (Å²) in [4.78, 5) is 4.39. The van der Waals surface area contributed by atoms with E-state index in [0.29, 0.717) is 12.0 Å². The van der Waals surface area contributed by atoms with E-state index in [4.69, 9.17) is 4.74 Å². The van der Waals surface area contributed by atoms with Crippen LogP contribution < -0.4 is 9.84 Å². The summed E-state index contributed by atoms with van der Waals surface area (Å²) in [6, 6.07) is 15.2. The average molecular weight is 392 g/mol. The van der Waals surface area contributed by atoms with Gasteiger partial charge >= 0.3 is 0 Å². The Morgan fingerprint density at radius 1 is 1.10 bits per heavy atom. The van der Waals surface area contributed by atoms with Gasteiger partial charge in [-0.05, 0) is 47.6 Å². The molecule has 3 nitrogen and oxygen atoms in total. The molecule has 3 aromatic carbocycles. The second-order valence-corrected chi connectivity index (χ2v) is 8.00. The van der Waals surface area contributed by atoms with Crippen LogP contribution in [0.5, 0.6) is 5.75 Å². The lowest BCUT2D eigenvalue weighted by atomic mass is 9.73. The number of hydrogen-bond donors (Lipinski definition) is 0. The maximum absolute atomic E-state index is 14.4. The lowest BCUT2D eigenvalue weighted by Gasteiger charge is -2.47. The smallest absolute Gasteiger partial charge is 0.168 e. The van der Waals surface area contributed by atoms with Gasteiger partial charge in [0, 0.05) is 24.5 Å². The Kier molecular flexibility index (Phi) is 4.26. The molecule has 3 aromatic rings. The Labute approximate surface area is 167 Å². The second kappa shape index (κ2) is 6.83. The number of halogens is 2. The highest BCUT2D eigenvalue weighted by Crippen LogP contribution is 2.51. The third-order valence-corrected chi connectivity index (χ3v) is 6.07. The molecule has 5 heteroatoms. The first-order chi connectivity index (χ1) is 14.0. The molecule has 148 valence electrons. The summed E-state index contributed by atoms with van der Waals surface area (Å²) in [6.45, 7) is 0. The maximum Gasteiger partial charge on any atom is 0.168 e. The van der Waals surface area contributed by atoms with Gasteiger partial charge in [-0.2, -0.15) is 0 Å². The third kappa shape index (κ3) is 3.24. The van der Waals surface area contributed by atoms with Crippen LogP contribution in [0.2, 0.25) is 0 Å². The number of nitrogens with zero attached hydrogens (tertiary/aromatic N) is 1. The van der Waals surface area contributed by atoms with Crippen LogP contribution in [0.25, 0.3) is 10.8 Å². The number of rotatable bonds is 3. The van der Waals surface area contributed by atoms with Crippen molar-refractivity contribution in [2.24, 2.45) is 4.99 Å². The van der Waals surface area contributed by atoms with Crippen LogP contribution in [0.3, 0.4) is 0 Å². The molecule has 0 aromatic heterocycles. The zero-order valence-corrected chi connectivity index (χ0v) is 15.8. The molecule has 1 unspecified atom stereocenters. The van der Waals surface area contributed by atoms with Gasteiger partial charge < -0.3 is 9.84 Å². The van der Waals surface area contributed by atoms with Gasteiger partial charge in [0.15, 0.2) is 11.6 Å². The van der Waals surface area contributed by atoms with Crippen molar-refractivity contribution in [2.45, 2.75) is 43.7 Å². The second-order valence-electron chi connectivity index (χ2n) is 8.00. The first kappa shape index (κ1) is 18.1. The van der Waals surface area contributed by atoms with Gasteiger partial charge in [0.05, 0.1) is 6.04 Å². The summed E-state index contributed by atoms with van der Waals surface area (Å²) < 4.78 is 34.1. The van der Waals surface area contributed by atoms with E-state index < -0.39 is 23.3 Å². The van der Waals surface area contributed by atoms with E-state index in [1.54, 1.807) is 0 Å². The molecule has 0 saturated heterocycles. The van der Waals surface area contributed by atoms with Gasteiger partial charge in [-0.15, -0.1) is 0 Å². The van der Waals surface area contributed by atoms with E-state index in [2.05, 4.69) is 4.99 Å². The SMILES string of the molecule is [O-]C(Cc1cccc2ccccc12)=NC1CC2(CCC2)Oc2c(F)cc(F)cc21. The van der Waals surface area contributed by atoms with Crippen LogP contribution in [0.15, 0.2) is 59.6 Å². The van der Waals surface area contributed by atoms with E-state index in [1.807, 2.05) is 42.5 Å². The maximum atomic E-state index is 14.4. The van der Waals surface area contributed by atoms with E-state index in [0.717, 1.165) is 41.7 Å². The highest BCUT2D eigenvalue weighted by Gasteiger charge is 2.46. The van der Waals surface area contributed by atoms with Gasteiger partial charge in [0.1, 0.15) is 11.4 Å². The fourth-order valence-corrected chi connectivity index (χ4v) is 4.48. The summed E-state index contributed by atoms with van der Waals surface area (Å²) in [5.41, 5.74) is 0.735. The highest BCUT2D eigenvalue weighted by molar-refractivity contribution is 5.89. The molecule has 1 spiro atoms. The molecule has 1 saturated carbocycles. The van der Waals surface area contributed by atoms with Crippen molar-refractivity contribution >= 4 is 16.7 Å². The quantitative estimate of drug-likeness (QED) is 0.472. The van der Waals surface area contributed by atoms with Crippen molar-refractivity contribution in [3.8, 4) is 5.75 Å². The first-order valence-electron chi connectivity index (χ1n) is 9.91. The van der Waals surface area contributed by atoms with Gasteiger partial charge in [-0.3, -0.25) is 4.99 Å². The molecule has 2 aliphatic rings. The van der Waals surface area contributed by atoms with Crippen molar-refractivity contribution in [1.29, 1.82) is 0 Å². The zero-order chi connectivity index (χ0) is 20.0. The minimum Gasteiger partial charge on any atom is -0.862 e. The molecule has 1 aliphatic heterocycles. The van der Waals surface area contributed by atoms with Gasteiger partial charge in [0.25, 0.3) is 0 Å². The summed E-state index contributed by atoms with van der Waals surface area (Å²) >= 11 is 0. The highest BCUT2D eigenvalue weighted by atomic mass is 19.1. The summed E-state index contributed by atoms with van der Waals surface area (Å²) in [5, 5.41) is 14.9. The van der Waals surface area contributed by atoms with Gasteiger partial charge in [-0.25, -0.2) is 8.78 Å². The van der Waals surface area contributed by atoms with E-state index >= 15 is 0 Å². The predicted molar refractivity (Wildman–Crippen MR) is 106 cm³/mol. The molecule has 1 fully saturated rings. The number of ether oxygens (including phenoxy) is 1. The van der Waals surface area contributed by atoms with Gasteiger partial charge in [0.2, 0.25) is 0 Å². The van der Waals surface area contributed by atoms with E-state index in [9.17, 15) is 13.9 Å². The summed E-state index contributed by atoms with van der Waals surface area (Å²) in [6.07, 6.45) is 3.22. The molecule has 0 radical (unpaired) electrons. The molecular weight excluding hydrogens is 372 g/mol. The Morgan fingerprint density at radius 3 is 2.69 bits per heavy atom. The Hall–Kier alpha value is -2.95. The van der Waals surface area contributed by atoms with Crippen LogP contribution in [-0.4, -0.2) is 11.5 Å². The number of fused-ring (bicyclic) bond motifs is 2. The molecule has 1 atom stereocenters. The number of aliphatic imine (C=N–C) groups is 1. The predicted octanol–water partition coefficient (Wildman–Crippen LogP) is 4.87. The van der Waals surface area contributed by atoms with Crippen molar-refractivity contribution in [1.82, 2.24) is 0 Å². The lowest BCUT2D eigenvalue weighted by molar-refractivity contribution is -0.218. The summed E-state index contributed by atoms with van der Waals surface area (Å²) in [7, 11) is 0. The van der Waals surface area contributed by atoms with E-state index in [1.165, 1.54) is 6.07 Å². The van der Waals surface area contributed by atoms with Crippen molar-refractivity contribution in [3.05, 3.63) is 77.4 Å². The van der Waals surface area contributed by atoms with Gasteiger partial charge in [-0.1, -0.05) is 42.5 Å². The molecule has 1 heterocycles. The van der Waals surface area contributed by atoms with Crippen LogP contribution in [0, 0.1) is 11.6 Å². The normalized spacial score (nSPS) is 20.2. The summed E-state index contributed by atoms with van der Waals surface area (Å²) in [5.74, 6) is -1.66. The molecule has 0 bridgehead atoms. The molecule has 1 aliphatic carbocycles. The molecule has 0 amide bonds. The average Bonchev–Trinajstić information content (AvgIpc) is 2.67. The Morgan fingerprint density at radius 2 is 1.90 bits per heavy atom. The third-order valence-electron chi connectivity index (χ3n) is 6.07. The molecule has 29 heavy (non-hydrogen) atoms. The van der Waals surface area contributed by atoms with Crippen LogP contribution in [-0.2, 0) is 6.42 Å². The number of hydrogen-bond acceptors (Lipinski definition) is 3. The lowest BCUT2D eigenvalue weighted by Crippen LogP contribution is -2.47. The monoisotopic (exact) mass is 392 g/mol. The largest absolute Gasteiger partial charge is 0.862 e. The minimum absolute atomic E-state index is 0.0454. The van der Waals surface area contributed by atoms with Crippen LogP contribution in [0.4, 0.5) is 8.78 Å². The molecular formula is C24H20F2NO2-. The molecule has 0 N–H and O–H groups in total. The fourth-order valence-electron chi connectivity index (χ4n) is 4.48.